The van der Waals surface area contributed by atoms with E-state index in [4.69, 9.17) is 4.98 Å². The van der Waals surface area contributed by atoms with Crippen LogP contribution >= 0.6 is 0 Å². The van der Waals surface area contributed by atoms with Crippen LogP contribution < -0.4 is 4.90 Å². The smallest absolute Gasteiger partial charge is 0.225 e. The summed E-state index contributed by atoms with van der Waals surface area (Å²) in [4.78, 5) is 26.0. The zero-order valence-electron chi connectivity index (χ0n) is 15.9. The molecule has 0 radical (unpaired) electrons. The van der Waals surface area contributed by atoms with Gasteiger partial charge in [-0.25, -0.2) is 14.4 Å². The Labute approximate surface area is 159 Å². The van der Waals surface area contributed by atoms with Gasteiger partial charge in [-0.2, -0.15) is 0 Å². The van der Waals surface area contributed by atoms with Crippen molar-refractivity contribution in [3.05, 3.63) is 41.3 Å². The lowest BCUT2D eigenvalue weighted by molar-refractivity contribution is -0.138. The molecule has 0 bridgehead atoms. The number of amides is 1. The molecule has 2 aliphatic rings. The molecule has 5 nitrogen and oxygen atoms in total. The van der Waals surface area contributed by atoms with Crippen LogP contribution in [-0.2, 0) is 4.79 Å². The summed E-state index contributed by atoms with van der Waals surface area (Å²) in [7, 11) is 0. The average Bonchev–Trinajstić information content (AvgIpc) is 2.62. The van der Waals surface area contributed by atoms with Crippen LogP contribution in [0.15, 0.2) is 24.3 Å². The summed E-state index contributed by atoms with van der Waals surface area (Å²) in [5, 5.41) is 0. The van der Waals surface area contributed by atoms with Crippen LogP contribution in [0.3, 0.4) is 0 Å². The number of hydrogen-bond acceptors (Lipinski definition) is 4. The normalized spacial score (nSPS) is 17.7. The molecule has 142 valence electrons. The molecule has 1 aromatic carbocycles. The van der Waals surface area contributed by atoms with Crippen molar-refractivity contribution in [2.24, 2.45) is 5.92 Å². The molecule has 1 aliphatic carbocycles. The SMILES string of the molecule is Cc1nc(-c2cccc(F)c2)nc(N2CCN(C(=O)C3CCC3)CC2)c1C. The zero-order chi connectivity index (χ0) is 19.0. The molecule has 1 saturated carbocycles. The summed E-state index contributed by atoms with van der Waals surface area (Å²) in [5.74, 6) is 1.70. The van der Waals surface area contributed by atoms with Gasteiger partial charge in [-0.3, -0.25) is 4.79 Å². The topological polar surface area (TPSA) is 49.3 Å². The quantitative estimate of drug-likeness (QED) is 0.834. The second-order valence-electron chi connectivity index (χ2n) is 7.53. The predicted molar refractivity (Wildman–Crippen MR) is 103 cm³/mol. The number of halogens is 1. The first-order chi connectivity index (χ1) is 13.0. The summed E-state index contributed by atoms with van der Waals surface area (Å²) >= 11 is 0. The second kappa shape index (κ2) is 7.25. The van der Waals surface area contributed by atoms with E-state index in [0.29, 0.717) is 17.3 Å². The molecule has 1 aromatic heterocycles. The molecule has 4 rings (SSSR count). The van der Waals surface area contributed by atoms with E-state index in [0.717, 1.165) is 56.1 Å². The number of aryl methyl sites for hydroxylation is 1. The highest BCUT2D eigenvalue weighted by Crippen LogP contribution is 2.30. The van der Waals surface area contributed by atoms with Gasteiger partial charge in [0, 0.05) is 48.9 Å². The summed E-state index contributed by atoms with van der Waals surface area (Å²) in [6.45, 7) is 6.96. The zero-order valence-corrected chi connectivity index (χ0v) is 15.9. The summed E-state index contributed by atoms with van der Waals surface area (Å²) in [6, 6.07) is 6.38. The maximum Gasteiger partial charge on any atom is 0.225 e. The Morgan fingerprint density at radius 3 is 2.48 bits per heavy atom. The van der Waals surface area contributed by atoms with Gasteiger partial charge in [-0.05, 0) is 38.8 Å². The van der Waals surface area contributed by atoms with Crippen LogP contribution in [0.5, 0.6) is 0 Å². The fourth-order valence-electron chi connectivity index (χ4n) is 3.73. The van der Waals surface area contributed by atoms with E-state index in [1.807, 2.05) is 24.8 Å². The summed E-state index contributed by atoms with van der Waals surface area (Å²) in [5.41, 5.74) is 2.61. The third-order valence-electron chi connectivity index (χ3n) is 5.79. The summed E-state index contributed by atoms with van der Waals surface area (Å²) < 4.78 is 13.6. The Morgan fingerprint density at radius 1 is 1.11 bits per heavy atom. The van der Waals surface area contributed by atoms with Crippen molar-refractivity contribution in [2.75, 3.05) is 31.1 Å². The van der Waals surface area contributed by atoms with Crippen LogP contribution in [0.1, 0.15) is 30.5 Å². The van der Waals surface area contributed by atoms with Crippen molar-refractivity contribution in [3.8, 4) is 11.4 Å². The third kappa shape index (κ3) is 3.53. The first-order valence-electron chi connectivity index (χ1n) is 9.68. The standard InChI is InChI=1S/C21H25FN4O/c1-14-15(2)23-19(17-7-4-8-18(22)13-17)24-20(14)25-9-11-26(12-10-25)21(27)16-5-3-6-16/h4,7-8,13,16H,3,5-6,9-12H2,1-2H3. The maximum absolute atomic E-state index is 13.6. The predicted octanol–water partition coefficient (Wildman–Crippen LogP) is 3.35. The first kappa shape index (κ1) is 17.9. The maximum atomic E-state index is 13.6. The number of aromatic nitrogens is 2. The molecule has 2 aromatic rings. The molecule has 2 heterocycles. The largest absolute Gasteiger partial charge is 0.353 e. The molecule has 0 atom stereocenters. The minimum Gasteiger partial charge on any atom is -0.353 e. The van der Waals surface area contributed by atoms with Gasteiger partial charge in [0.1, 0.15) is 11.6 Å². The van der Waals surface area contributed by atoms with Gasteiger partial charge in [-0.1, -0.05) is 18.6 Å². The molecular weight excluding hydrogens is 343 g/mol. The van der Waals surface area contributed by atoms with Crippen LogP contribution in [0.4, 0.5) is 10.2 Å². The van der Waals surface area contributed by atoms with Crippen LogP contribution in [0.25, 0.3) is 11.4 Å². The van der Waals surface area contributed by atoms with Gasteiger partial charge in [0.15, 0.2) is 5.82 Å². The highest BCUT2D eigenvalue weighted by molar-refractivity contribution is 5.80. The number of benzene rings is 1. The molecule has 6 heteroatoms. The van der Waals surface area contributed by atoms with E-state index < -0.39 is 0 Å². The van der Waals surface area contributed by atoms with E-state index in [1.165, 1.54) is 18.6 Å². The minimum atomic E-state index is -0.293. The molecule has 0 spiro atoms. The van der Waals surface area contributed by atoms with Crippen molar-refractivity contribution in [1.82, 2.24) is 14.9 Å². The van der Waals surface area contributed by atoms with Gasteiger partial charge in [0.2, 0.25) is 5.91 Å². The Morgan fingerprint density at radius 2 is 1.85 bits per heavy atom. The van der Waals surface area contributed by atoms with Crippen LogP contribution in [0, 0.1) is 25.6 Å². The van der Waals surface area contributed by atoms with Gasteiger partial charge in [-0.15, -0.1) is 0 Å². The highest BCUT2D eigenvalue weighted by atomic mass is 19.1. The fraction of sp³-hybridized carbons (Fsp3) is 0.476. The number of carbonyl (C=O) groups is 1. The van der Waals surface area contributed by atoms with Crippen molar-refractivity contribution >= 4 is 11.7 Å². The number of piperazine rings is 1. The number of anilines is 1. The molecular formula is C21H25FN4O. The van der Waals surface area contributed by atoms with Gasteiger partial charge < -0.3 is 9.80 Å². The molecule has 0 unspecified atom stereocenters. The number of rotatable bonds is 3. The van der Waals surface area contributed by atoms with Crippen LogP contribution in [0.2, 0.25) is 0 Å². The number of carbonyl (C=O) groups excluding carboxylic acids is 1. The third-order valence-corrected chi connectivity index (χ3v) is 5.79. The Kier molecular flexibility index (Phi) is 4.81. The Balaban J connectivity index is 1.54. The molecule has 27 heavy (non-hydrogen) atoms. The molecule has 1 saturated heterocycles. The fourth-order valence-corrected chi connectivity index (χ4v) is 3.73. The van der Waals surface area contributed by atoms with E-state index in [1.54, 1.807) is 6.07 Å². The van der Waals surface area contributed by atoms with E-state index in [9.17, 15) is 9.18 Å². The van der Waals surface area contributed by atoms with Crippen molar-refractivity contribution < 1.29 is 9.18 Å². The molecule has 0 N–H and O–H groups in total. The number of hydrogen-bond donors (Lipinski definition) is 0. The molecule has 1 amide bonds. The molecule has 2 fully saturated rings. The van der Waals surface area contributed by atoms with E-state index >= 15 is 0 Å². The lowest BCUT2D eigenvalue weighted by Crippen LogP contribution is -2.51. The first-order valence-corrected chi connectivity index (χ1v) is 9.68. The van der Waals surface area contributed by atoms with Crippen molar-refractivity contribution in [1.29, 1.82) is 0 Å². The number of nitrogens with zero attached hydrogens (tertiary/aromatic N) is 4. The van der Waals surface area contributed by atoms with Gasteiger partial charge in [0.05, 0.1) is 0 Å². The minimum absolute atomic E-state index is 0.249. The Hall–Kier alpha value is -2.50. The summed E-state index contributed by atoms with van der Waals surface area (Å²) in [6.07, 6.45) is 3.26. The van der Waals surface area contributed by atoms with E-state index in [2.05, 4.69) is 9.88 Å². The van der Waals surface area contributed by atoms with E-state index in [-0.39, 0.29) is 11.7 Å². The van der Waals surface area contributed by atoms with Gasteiger partial charge >= 0.3 is 0 Å². The molecule has 1 aliphatic heterocycles. The Bertz CT molecular complexity index is 857. The van der Waals surface area contributed by atoms with Crippen molar-refractivity contribution in [3.63, 3.8) is 0 Å². The second-order valence-corrected chi connectivity index (χ2v) is 7.53. The lowest BCUT2D eigenvalue weighted by Gasteiger charge is -2.39. The van der Waals surface area contributed by atoms with Crippen molar-refractivity contribution in [2.45, 2.75) is 33.1 Å². The lowest BCUT2D eigenvalue weighted by atomic mass is 9.84. The highest BCUT2D eigenvalue weighted by Gasteiger charge is 2.31. The van der Waals surface area contributed by atoms with Crippen LogP contribution in [-0.4, -0.2) is 47.0 Å². The van der Waals surface area contributed by atoms with Gasteiger partial charge in [0.25, 0.3) is 0 Å². The average molecular weight is 368 g/mol. The monoisotopic (exact) mass is 368 g/mol.